The van der Waals surface area contributed by atoms with Crippen LogP contribution in [0.3, 0.4) is 0 Å². The summed E-state index contributed by atoms with van der Waals surface area (Å²) in [5, 5.41) is 0. The molecule has 426 valence electrons. The molecule has 0 bridgehead atoms. The maximum absolute atomic E-state index is 11.3. The first kappa shape index (κ1) is 88.7. The second-order valence-electron chi connectivity index (χ2n) is 18.9. The second-order valence-corrected chi connectivity index (χ2v) is 18.9. The molecule has 0 unspecified atom stereocenters. The molecule has 0 radical (unpaired) electrons. The van der Waals surface area contributed by atoms with Crippen molar-refractivity contribution in [2.45, 2.75) is 221 Å². The van der Waals surface area contributed by atoms with Gasteiger partial charge in [-0.15, -0.1) is 0 Å². The zero-order chi connectivity index (χ0) is 58.9. The Morgan fingerprint density at radius 2 is 0.608 bits per heavy atom. The fourth-order valence-corrected chi connectivity index (χ4v) is 3.86. The van der Waals surface area contributed by atoms with E-state index in [9.17, 15) is 19.2 Å². The number of carbonyl (C=O) groups is 4. The first-order chi connectivity index (χ1) is 34.3. The van der Waals surface area contributed by atoms with Gasteiger partial charge in [-0.05, 0) is 74.6 Å². The highest BCUT2D eigenvalue weighted by molar-refractivity contribution is 5.97. The highest BCUT2D eigenvalue weighted by Crippen LogP contribution is 2.08. The van der Waals surface area contributed by atoms with Crippen LogP contribution in [0.15, 0.2) is 121 Å². The zero-order valence-corrected chi connectivity index (χ0v) is 52.9. The molecule has 0 aromatic heterocycles. The number of hydrogen-bond donors (Lipinski definition) is 0. The van der Waals surface area contributed by atoms with Gasteiger partial charge in [0.2, 0.25) is 0 Å². The van der Waals surface area contributed by atoms with Gasteiger partial charge in [-0.3, -0.25) is 19.2 Å². The summed E-state index contributed by atoms with van der Waals surface area (Å²) >= 11 is 0. The van der Waals surface area contributed by atoms with E-state index in [1.165, 1.54) is 30.4 Å². The lowest BCUT2D eigenvalue weighted by molar-refractivity contribution is -0.120. The summed E-state index contributed by atoms with van der Waals surface area (Å²) in [6, 6.07) is 40.7. The van der Waals surface area contributed by atoms with Crippen molar-refractivity contribution in [1.82, 2.24) is 0 Å². The maximum Gasteiger partial charge on any atom is 0.165 e. The third-order valence-electron chi connectivity index (χ3n) is 9.09. The molecule has 0 saturated carbocycles. The van der Waals surface area contributed by atoms with E-state index in [2.05, 4.69) is 135 Å². The smallest absolute Gasteiger partial charge is 0.165 e. The number of benzene rings is 4. The van der Waals surface area contributed by atoms with Crippen LogP contribution in [-0.4, -0.2) is 23.1 Å². The largest absolute Gasteiger partial charge is 0.300 e. The molecule has 74 heavy (non-hydrogen) atoms. The molecule has 0 fully saturated rings. The van der Waals surface area contributed by atoms with Crippen molar-refractivity contribution in [3.05, 3.63) is 144 Å². The van der Waals surface area contributed by atoms with Gasteiger partial charge in [-0.2, -0.15) is 0 Å². The summed E-state index contributed by atoms with van der Waals surface area (Å²) in [6.45, 7) is 55.8. The molecule has 0 amide bonds. The van der Waals surface area contributed by atoms with Crippen LogP contribution in [0, 0.1) is 59.2 Å². The molecule has 4 aromatic carbocycles. The van der Waals surface area contributed by atoms with Crippen LogP contribution in [0.1, 0.15) is 235 Å². The van der Waals surface area contributed by atoms with Crippen LogP contribution in [0.5, 0.6) is 0 Å². The number of ketones is 4. The molecular weight excluding hydrogens is 905 g/mol. The predicted octanol–water partition coefficient (Wildman–Crippen LogP) is 21.5. The first-order valence-electron chi connectivity index (χ1n) is 28.0. The minimum absolute atomic E-state index is 0. The minimum Gasteiger partial charge on any atom is -0.300 e. The van der Waals surface area contributed by atoms with E-state index in [0.717, 1.165) is 28.9 Å². The van der Waals surface area contributed by atoms with Gasteiger partial charge < -0.3 is 0 Å². The van der Waals surface area contributed by atoms with Crippen molar-refractivity contribution in [1.29, 1.82) is 0 Å². The van der Waals surface area contributed by atoms with Gasteiger partial charge in [0.05, 0.1) is 0 Å². The van der Waals surface area contributed by atoms with Gasteiger partial charge >= 0.3 is 0 Å². The van der Waals surface area contributed by atoms with Crippen LogP contribution < -0.4 is 0 Å². The van der Waals surface area contributed by atoms with Gasteiger partial charge in [0.15, 0.2) is 5.78 Å². The Morgan fingerprint density at radius 3 is 0.797 bits per heavy atom. The summed E-state index contributed by atoms with van der Waals surface area (Å²) in [5.41, 5.74) is 4.79. The fraction of sp³-hybridized carbons (Fsp3) is 0.571. The predicted molar refractivity (Wildman–Crippen MR) is 338 cm³/mol. The first-order valence-corrected chi connectivity index (χ1v) is 28.0. The molecular formula is C70H122O4. The lowest BCUT2D eigenvalue weighted by Gasteiger charge is -2.02. The average Bonchev–Trinajstić information content (AvgIpc) is 3.37. The van der Waals surface area contributed by atoms with E-state index < -0.39 is 0 Å². The Labute approximate surface area is 463 Å². The Bertz CT molecular complexity index is 1680. The average molecular weight is 1030 g/mol. The zero-order valence-electron chi connectivity index (χ0n) is 52.9. The molecule has 4 aromatic rings. The molecule has 0 aliphatic rings. The molecule has 0 saturated heterocycles. The van der Waals surface area contributed by atoms with Gasteiger partial charge in [0, 0.05) is 40.7 Å². The van der Waals surface area contributed by atoms with E-state index in [1.807, 2.05) is 171 Å². The van der Waals surface area contributed by atoms with Crippen molar-refractivity contribution in [3.63, 3.8) is 0 Å². The van der Waals surface area contributed by atoms with E-state index in [-0.39, 0.29) is 54.2 Å². The van der Waals surface area contributed by atoms with Crippen molar-refractivity contribution < 1.29 is 19.2 Å². The number of rotatable bonds is 10. The summed E-state index contributed by atoms with van der Waals surface area (Å²) in [4.78, 5) is 41.8. The van der Waals surface area contributed by atoms with Gasteiger partial charge in [-0.1, -0.05) is 308 Å². The highest BCUT2D eigenvalue weighted by atomic mass is 16.1. The summed E-state index contributed by atoms with van der Waals surface area (Å²) in [5.74, 6) is 10.8. The number of carbonyl (C=O) groups excluding carboxylic acids is 4. The lowest BCUT2D eigenvalue weighted by Crippen LogP contribution is -2.06. The summed E-state index contributed by atoms with van der Waals surface area (Å²) < 4.78 is 0. The third-order valence-corrected chi connectivity index (χ3v) is 9.09. The third kappa shape index (κ3) is 76.0. The SMILES string of the molecule is C.CC.CC.CC.CC.CC(=O)C(C)C.CC(=O)C(C)C.CC(=O)C(C)C.CC(C)C#Cc1ccccc1.CC(C)C(=O)c1ccccc1.CC(C)Cc1ccccc1.CC(C)Cc1ccccc1.CCC(C)C. The molecule has 0 spiro atoms. The fourth-order valence-electron chi connectivity index (χ4n) is 3.86. The quantitative estimate of drug-likeness (QED) is 0.117. The monoisotopic (exact) mass is 1030 g/mol. The van der Waals surface area contributed by atoms with E-state index in [4.69, 9.17) is 0 Å². The molecule has 0 atom stereocenters. The molecule has 0 heterocycles. The minimum atomic E-state index is 0. The van der Waals surface area contributed by atoms with Crippen LogP contribution in [0.2, 0.25) is 0 Å². The van der Waals surface area contributed by atoms with Crippen LogP contribution in [-0.2, 0) is 27.2 Å². The molecule has 0 aliphatic heterocycles. The van der Waals surface area contributed by atoms with Crippen LogP contribution in [0.25, 0.3) is 0 Å². The van der Waals surface area contributed by atoms with Gasteiger partial charge in [0.25, 0.3) is 0 Å². The van der Waals surface area contributed by atoms with Gasteiger partial charge in [-0.25, -0.2) is 0 Å². The molecule has 4 heteroatoms. The highest BCUT2D eigenvalue weighted by Gasteiger charge is 2.08. The van der Waals surface area contributed by atoms with Crippen molar-refractivity contribution in [3.8, 4) is 11.8 Å². The van der Waals surface area contributed by atoms with E-state index >= 15 is 0 Å². The van der Waals surface area contributed by atoms with Crippen molar-refractivity contribution in [2.24, 2.45) is 47.3 Å². The summed E-state index contributed by atoms with van der Waals surface area (Å²) in [7, 11) is 0. The molecule has 0 N–H and O–H groups in total. The second kappa shape index (κ2) is 66.1. The molecule has 4 nitrogen and oxygen atoms in total. The molecule has 4 rings (SSSR count). The lowest BCUT2D eigenvalue weighted by atomic mass is 10.0. The Hall–Kier alpha value is -4.88. The van der Waals surface area contributed by atoms with Crippen LogP contribution >= 0.6 is 0 Å². The Kier molecular flexibility index (Phi) is 79.3. The van der Waals surface area contributed by atoms with Crippen LogP contribution in [0.4, 0.5) is 0 Å². The van der Waals surface area contributed by atoms with Crippen molar-refractivity contribution in [2.75, 3.05) is 0 Å². The topological polar surface area (TPSA) is 68.3 Å². The number of hydrogen-bond acceptors (Lipinski definition) is 4. The van der Waals surface area contributed by atoms with E-state index in [1.54, 1.807) is 20.8 Å². The number of Topliss-reactive ketones (excluding diaryl/α,β-unsaturated/α-hetero) is 4. The normalized spacial score (nSPS) is 8.86. The Morgan fingerprint density at radius 1 is 0.378 bits per heavy atom. The standard InChI is InChI=1S/C11H12.C10H12O.2C10H14.3C5H10O.C5H12.4C2H6.CH4/c1-10(2)8-9-11-6-4-3-5-7-11;1-8(2)10(11)9-6-4-3-5-7-9;2*1-9(2)8-10-6-4-3-5-7-10;3*1-4(2)5(3)6;1-4-5(2)3;4*1-2;/h3-7,10H,1-2H3;3-8H,1-2H3;2*3-7,9H,8H2,1-2H3;3*4H,1-3H3;5H,4H2,1-3H3;4*1-2H3;1H4. The molecule has 0 aliphatic carbocycles. The van der Waals surface area contributed by atoms with E-state index in [0.29, 0.717) is 5.92 Å². The summed E-state index contributed by atoms with van der Waals surface area (Å²) in [6.07, 6.45) is 3.70. The Balaban J connectivity index is -0.0000000925. The maximum atomic E-state index is 11.3. The van der Waals surface area contributed by atoms with Crippen molar-refractivity contribution >= 4 is 23.1 Å². The van der Waals surface area contributed by atoms with Gasteiger partial charge in [0.1, 0.15) is 17.3 Å².